The Hall–Kier alpha value is -1.86. The second kappa shape index (κ2) is 4.77. The van der Waals surface area contributed by atoms with Gasteiger partial charge in [-0.15, -0.1) is 11.3 Å². The highest BCUT2D eigenvalue weighted by Crippen LogP contribution is 2.15. The van der Waals surface area contributed by atoms with Gasteiger partial charge in [0.2, 0.25) is 0 Å². The van der Waals surface area contributed by atoms with Crippen LogP contribution >= 0.6 is 11.3 Å². The highest BCUT2D eigenvalue weighted by Gasteiger charge is 2.01. The third kappa shape index (κ3) is 2.59. The van der Waals surface area contributed by atoms with E-state index in [0.717, 1.165) is 9.75 Å². The molecule has 0 fully saturated rings. The molecule has 0 N–H and O–H groups in total. The maximum atomic E-state index is 11.1. The Bertz CT molecular complexity index is 543. The molecular weight excluding hydrogens is 220 g/mol. The molecule has 2 heterocycles. The minimum absolute atomic E-state index is 0.0904. The van der Waals surface area contributed by atoms with E-state index in [2.05, 4.69) is 16.8 Å². The predicted octanol–water partition coefficient (Wildman–Crippen LogP) is 2.20. The van der Waals surface area contributed by atoms with E-state index in [9.17, 15) is 4.79 Å². The number of imidazole rings is 1. The van der Waals surface area contributed by atoms with Gasteiger partial charge in [0.25, 0.3) is 0 Å². The summed E-state index contributed by atoms with van der Waals surface area (Å²) < 4.78 is 1.90. The molecule has 0 bridgehead atoms. The Labute approximate surface area is 97.8 Å². The lowest BCUT2D eigenvalue weighted by molar-refractivity contribution is 0.102. The first-order valence-corrected chi connectivity index (χ1v) is 5.63. The minimum atomic E-state index is 0.0904. The summed E-state index contributed by atoms with van der Waals surface area (Å²) in [4.78, 5) is 16.7. The highest BCUT2D eigenvalue weighted by atomic mass is 32.1. The van der Waals surface area contributed by atoms with E-state index in [1.54, 1.807) is 19.4 Å². The molecule has 2 aromatic rings. The third-order valence-corrected chi connectivity index (χ3v) is 3.09. The van der Waals surface area contributed by atoms with Gasteiger partial charge in [-0.25, -0.2) is 4.98 Å². The fourth-order valence-corrected chi connectivity index (χ4v) is 1.97. The molecule has 0 aliphatic heterocycles. The Morgan fingerprint density at radius 2 is 2.44 bits per heavy atom. The average Bonchev–Trinajstić information content (AvgIpc) is 2.87. The van der Waals surface area contributed by atoms with E-state index in [-0.39, 0.29) is 5.78 Å². The standard InChI is InChI=1S/C12H10N2OS/c1-10(15)12-5-4-11(16-12)3-2-7-14-8-6-13-9-14/h4-6,8-9H,7H2,1H3. The maximum absolute atomic E-state index is 11.1. The number of carbonyl (C=O) groups is 1. The maximum Gasteiger partial charge on any atom is 0.169 e. The summed E-state index contributed by atoms with van der Waals surface area (Å²) in [6.45, 7) is 2.18. The topological polar surface area (TPSA) is 34.9 Å². The fraction of sp³-hybridized carbons (Fsp3) is 0.167. The molecule has 0 saturated carbocycles. The van der Waals surface area contributed by atoms with Crippen LogP contribution in [-0.4, -0.2) is 15.3 Å². The van der Waals surface area contributed by atoms with Crippen LogP contribution in [0.25, 0.3) is 0 Å². The zero-order valence-corrected chi connectivity index (χ0v) is 9.62. The van der Waals surface area contributed by atoms with Crippen LogP contribution in [0.5, 0.6) is 0 Å². The lowest BCUT2D eigenvalue weighted by Gasteiger charge is -1.89. The number of nitrogens with zero attached hydrogens (tertiary/aromatic N) is 2. The molecule has 3 nitrogen and oxygen atoms in total. The first-order chi connectivity index (χ1) is 7.75. The number of rotatable bonds is 2. The molecule has 0 spiro atoms. The number of hydrogen-bond acceptors (Lipinski definition) is 3. The van der Waals surface area contributed by atoms with Gasteiger partial charge >= 0.3 is 0 Å². The van der Waals surface area contributed by atoms with Crippen molar-refractivity contribution in [1.82, 2.24) is 9.55 Å². The zero-order valence-electron chi connectivity index (χ0n) is 8.80. The Balaban J connectivity index is 2.03. The van der Waals surface area contributed by atoms with Gasteiger partial charge in [0.05, 0.1) is 22.6 Å². The Kier molecular flexibility index (Phi) is 3.18. The third-order valence-electron chi connectivity index (χ3n) is 1.99. The first-order valence-electron chi connectivity index (χ1n) is 4.81. The van der Waals surface area contributed by atoms with Gasteiger partial charge in [0.1, 0.15) is 0 Å². The van der Waals surface area contributed by atoms with Crippen molar-refractivity contribution in [3.8, 4) is 11.8 Å². The number of hydrogen-bond donors (Lipinski definition) is 0. The van der Waals surface area contributed by atoms with Crippen LogP contribution in [0, 0.1) is 11.8 Å². The Morgan fingerprint density at radius 3 is 3.06 bits per heavy atom. The summed E-state index contributed by atoms with van der Waals surface area (Å²) >= 11 is 1.43. The smallest absolute Gasteiger partial charge is 0.169 e. The van der Waals surface area contributed by atoms with Crippen molar-refractivity contribution in [2.45, 2.75) is 13.5 Å². The molecule has 2 rings (SSSR count). The average molecular weight is 230 g/mol. The predicted molar refractivity (Wildman–Crippen MR) is 63.4 cm³/mol. The van der Waals surface area contributed by atoms with Crippen LogP contribution in [0.1, 0.15) is 21.5 Å². The zero-order chi connectivity index (χ0) is 11.4. The second-order valence-electron chi connectivity index (χ2n) is 3.26. The van der Waals surface area contributed by atoms with Crippen LogP contribution in [0.4, 0.5) is 0 Å². The Morgan fingerprint density at radius 1 is 1.56 bits per heavy atom. The van der Waals surface area contributed by atoms with Crippen LogP contribution in [0.15, 0.2) is 30.9 Å². The van der Waals surface area contributed by atoms with Crippen molar-refractivity contribution in [1.29, 1.82) is 0 Å². The molecule has 0 atom stereocenters. The molecule has 16 heavy (non-hydrogen) atoms. The normalized spacial score (nSPS) is 9.56. The van der Waals surface area contributed by atoms with Crippen molar-refractivity contribution in [2.75, 3.05) is 0 Å². The SMILES string of the molecule is CC(=O)c1ccc(C#CCn2ccnc2)s1. The van der Waals surface area contributed by atoms with E-state index in [4.69, 9.17) is 0 Å². The molecule has 0 amide bonds. The minimum Gasteiger partial charge on any atom is -0.326 e. The molecule has 4 heteroatoms. The van der Waals surface area contributed by atoms with E-state index >= 15 is 0 Å². The van der Waals surface area contributed by atoms with Gasteiger partial charge in [-0.2, -0.15) is 0 Å². The lowest BCUT2D eigenvalue weighted by Crippen LogP contribution is -1.89. The van der Waals surface area contributed by atoms with Gasteiger partial charge in [-0.3, -0.25) is 4.79 Å². The molecule has 0 unspecified atom stereocenters. The molecule has 0 saturated heterocycles. The highest BCUT2D eigenvalue weighted by molar-refractivity contribution is 7.14. The van der Waals surface area contributed by atoms with Gasteiger partial charge in [0, 0.05) is 12.4 Å². The van der Waals surface area contributed by atoms with Crippen LogP contribution in [0.2, 0.25) is 0 Å². The second-order valence-corrected chi connectivity index (χ2v) is 4.34. The molecule has 0 aliphatic rings. The van der Waals surface area contributed by atoms with E-state index in [1.807, 2.05) is 22.9 Å². The molecule has 0 aliphatic carbocycles. The van der Waals surface area contributed by atoms with Crippen LogP contribution < -0.4 is 0 Å². The quantitative estimate of drug-likeness (QED) is 0.585. The van der Waals surface area contributed by atoms with Gasteiger partial charge < -0.3 is 4.57 Å². The summed E-state index contributed by atoms with van der Waals surface area (Å²) in [5.74, 6) is 6.14. The van der Waals surface area contributed by atoms with Crippen molar-refractivity contribution < 1.29 is 4.79 Å². The van der Waals surface area contributed by atoms with E-state index in [0.29, 0.717) is 6.54 Å². The van der Waals surface area contributed by atoms with E-state index < -0.39 is 0 Å². The van der Waals surface area contributed by atoms with Crippen molar-refractivity contribution in [2.24, 2.45) is 0 Å². The summed E-state index contributed by atoms with van der Waals surface area (Å²) in [6, 6.07) is 3.69. The number of ketones is 1. The number of carbonyl (C=O) groups excluding carboxylic acids is 1. The molecule has 2 aromatic heterocycles. The lowest BCUT2D eigenvalue weighted by atomic mass is 10.3. The molecule has 0 radical (unpaired) electrons. The summed E-state index contributed by atoms with van der Waals surface area (Å²) in [5, 5.41) is 0. The van der Waals surface area contributed by atoms with Crippen molar-refractivity contribution in [3.05, 3.63) is 40.6 Å². The largest absolute Gasteiger partial charge is 0.326 e. The number of Topliss-reactive ketones (excluding diaryl/α,β-unsaturated/α-hetero) is 1. The molecular formula is C12H10N2OS. The number of thiophene rings is 1. The van der Waals surface area contributed by atoms with E-state index in [1.165, 1.54) is 11.3 Å². The van der Waals surface area contributed by atoms with Crippen molar-refractivity contribution >= 4 is 17.1 Å². The molecule has 80 valence electrons. The fourth-order valence-electron chi connectivity index (χ4n) is 1.19. The summed E-state index contributed by atoms with van der Waals surface area (Å²) in [7, 11) is 0. The van der Waals surface area contributed by atoms with Crippen molar-refractivity contribution in [3.63, 3.8) is 0 Å². The van der Waals surface area contributed by atoms with Gasteiger partial charge in [0.15, 0.2) is 5.78 Å². The summed E-state index contributed by atoms with van der Waals surface area (Å²) in [5.41, 5.74) is 0. The monoisotopic (exact) mass is 230 g/mol. The number of aromatic nitrogens is 2. The van der Waals surface area contributed by atoms with Crippen LogP contribution in [-0.2, 0) is 6.54 Å². The van der Waals surface area contributed by atoms with Gasteiger partial charge in [-0.05, 0) is 19.1 Å². The van der Waals surface area contributed by atoms with Crippen LogP contribution in [0.3, 0.4) is 0 Å². The first kappa shape index (κ1) is 10.7. The summed E-state index contributed by atoms with van der Waals surface area (Å²) in [6.07, 6.45) is 5.31. The molecule has 0 aromatic carbocycles. The van der Waals surface area contributed by atoms with Gasteiger partial charge in [-0.1, -0.05) is 11.8 Å².